The van der Waals surface area contributed by atoms with Crippen molar-refractivity contribution in [3.63, 3.8) is 0 Å². The lowest BCUT2D eigenvalue weighted by Crippen LogP contribution is -2.21. The Hall–Kier alpha value is -2.67. The minimum Gasteiger partial charge on any atom is -0.368 e. The van der Waals surface area contributed by atoms with Crippen LogP contribution in [0.5, 0.6) is 0 Å². The van der Waals surface area contributed by atoms with E-state index in [2.05, 4.69) is 20.2 Å². The van der Waals surface area contributed by atoms with Crippen LogP contribution in [0.15, 0.2) is 36.4 Å². The summed E-state index contributed by atoms with van der Waals surface area (Å²) in [5.74, 6) is 0.592. The van der Waals surface area contributed by atoms with Gasteiger partial charge in [0.15, 0.2) is 0 Å². The van der Waals surface area contributed by atoms with E-state index in [1.54, 1.807) is 18.2 Å². The molecular weight excluding hydrogens is 343 g/mol. The van der Waals surface area contributed by atoms with Gasteiger partial charge in [-0.05, 0) is 43.2 Å². The van der Waals surface area contributed by atoms with Gasteiger partial charge in [0.1, 0.15) is 16.8 Å². The topological polar surface area (TPSA) is 83.7 Å². The lowest BCUT2D eigenvalue weighted by molar-refractivity contribution is 0.628. The molecule has 0 saturated carbocycles. The number of nitrogen functional groups attached to an aromatic ring is 1. The summed E-state index contributed by atoms with van der Waals surface area (Å²) in [4.78, 5) is 9.99. The number of H-pyrrole nitrogens is 1. The fraction of sp³-hybridized carbons (Fsp3) is 0.235. The van der Waals surface area contributed by atoms with Crippen LogP contribution in [-0.2, 0) is 6.42 Å². The van der Waals surface area contributed by atoms with Crippen LogP contribution in [-0.4, -0.2) is 33.8 Å². The van der Waals surface area contributed by atoms with Gasteiger partial charge in [-0.1, -0.05) is 11.6 Å². The van der Waals surface area contributed by atoms with E-state index in [-0.39, 0.29) is 11.8 Å². The maximum Gasteiger partial charge on any atom is 0.223 e. The molecule has 0 atom stereocenters. The van der Waals surface area contributed by atoms with Crippen LogP contribution in [0, 0.1) is 5.82 Å². The van der Waals surface area contributed by atoms with Crippen LogP contribution >= 0.6 is 11.6 Å². The average Bonchev–Trinajstić information content (AvgIpc) is 3.03. The van der Waals surface area contributed by atoms with Crippen molar-refractivity contribution in [2.75, 3.05) is 24.2 Å². The molecule has 0 spiro atoms. The number of anilines is 2. The van der Waals surface area contributed by atoms with E-state index < -0.39 is 0 Å². The van der Waals surface area contributed by atoms with Crippen molar-refractivity contribution in [3.05, 3.63) is 53.1 Å². The Morgan fingerprint density at radius 1 is 1.20 bits per heavy atom. The second-order valence-corrected chi connectivity index (χ2v) is 6.10. The van der Waals surface area contributed by atoms with Crippen LogP contribution in [0.2, 0.25) is 5.15 Å². The molecule has 130 valence electrons. The van der Waals surface area contributed by atoms with E-state index in [0.29, 0.717) is 11.0 Å². The molecule has 8 heteroatoms. The fourth-order valence-electron chi connectivity index (χ4n) is 2.50. The highest BCUT2D eigenvalue weighted by atomic mass is 35.5. The van der Waals surface area contributed by atoms with Crippen LogP contribution in [0.3, 0.4) is 0 Å². The Kier molecular flexibility index (Phi) is 5.14. The standard InChI is InChI=1S/C17H18ClFN6/c1-25(16-10-15(18)21-17(20)22-16)8-2-3-13-9-14(24-23-13)11-4-6-12(19)7-5-11/h4-7,9-10H,2-3,8H2,1H3,(H,23,24)(H2,20,21,22). The average molecular weight is 361 g/mol. The zero-order chi connectivity index (χ0) is 17.8. The Labute approximate surface area is 149 Å². The second kappa shape index (κ2) is 7.48. The Morgan fingerprint density at radius 2 is 1.96 bits per heavy atom. The first-order valence-corrected chi connectivity index (χ1v) is 8.20. The summed E-state index contributed by atoms with van der Waals surface area (Å²) in [5.41, 5.74) is 8.32. The van der Waals surface area contributed by atoms with Gasteiger partial charge >= 0.3 is 0 Å². The van der Waals surface area contributed by atoms with E-state index in [1.807, 2.05) is 18.0 Å². The molecular formula is C17H18ClFN6. The molecule has 0 aliphatic carbocycles. The normalized spacial score (nSPS) is 10.8. The van der Waals surface area contributed by atoms with E-state index in [4.69, 9.17) is 17.3 Å². The third-order valence-corrected chi connectivity index (χ3v) is 3.99. The van der Waals surface area contributed by atoms with Crippen molar-refractivity contribution in [1.82, 2.24) is 20.2 Å². The number of benzene rings is 1. The predicted molar refractivity (Wildman–Crippen MR) is 97.0 cm³/mol. The van der Waals surface area contributed by atoms with Crippen molar-refractivity contribution in [2.24, 2.45) is 0 Å². The summed E-state index contributed by atoms with van der Waals surface area (Å²) < 4.78 is 13.0. The molecule has 2 heterocycles. The molecule has 25 heavy (non-hydrogen) atoms. The minimum atomic E-state index is -0.256. The monoisotopic (exact) mass is 360 g/mol. The number of hydrogen-bond donors (Lipinski definition) is 2. The molecule has 3 aromatic rings. The van der Waals surface area contributed by atoms with Crippen molar-refractivity contribution in [1.29, 1.82) is 0 Å². The smallest absolute Gasteiger partial charge is 0.223 e. The van der Waals surface area contributed by atoms with E-state index in [0.717, 1.165) is 36.3 Å². The van der Waals surface area contributed by atoms with E-state index in [1.165, 1.54) is 12.1 Å². The van der Waals surface area contributed by atoms with Crippen molar-refractivity contribution < 1.29 is 4.39 Å². The summed E-state index contributed by atoms with van der Waals surface area (Å²) in [6, 6.07) is 9.95. The zero-order valence-corrected chi connectivity index (χ0v) is 14.5. The van der Waals surface area contributed by atoms with Crippen LogP contribution in [0.25, 0.3) is 11.3 Å². The van der Waals surface area contributed by atoms with Gasteiger partial charge in [0.05, 0.1) is 5.69 Å². The Bertz CT molecular complexity index is 828. The number of rotatable bonds is 6. The molecule has 2 aromatic heterocycles. The number of nitrogens with one attached hydrogen (secondary N) is 1. The Morgan fingerprint density at radius 3 is 2.68 bits per heavy atom. The number of aromatic nitrogens is 4. The van der Waals surface area contributed by atoms with Crippen molar-refractivity contribution in [3.8, 4) is 11.3 Å². The largest absolute Gasteiger partial charge is 0.368 e. The van der Waals surface area contributed by atoms with E-state index >= 15 is 0 Å². The quantitative estimate of drug-likeness (QED) is 0.659. The van der Waals surface area contributed by atoms with Crippen LogP contribution in [0.4, 0.5) is 16.2 Å². The van der Waals surface area contributed by atoms with E-state index in [9.17, 15) is 4.39 Å². The van der Waals surface area contributed by atoms with Crippen LogP contribution in [0.1, 0.15) is 12.1 Å². The maximum atomic E-state index is 13.0. The SMILES string of the molecule is CN(CCCc1cc(-c2ccc(F)cc2)n[nH]1)c1cc(Cl)nc(N)n1. The number of halogens is 2. The minimum absolute atomic E-state index is 0.159. The maximum absolute atomic E-state index is 13.0. The predicted octanol–water partition coefficient (Wildman–Crippen LogP) is 3.31. The molecule has 0 unspecified atom stereocenters. The molecule has 1 aromatic carbocycles. The molecule has 0 fully saturated rings. The molecule has 3 rings (SSSR count). The molecule has 0 aliphatic heterocycles. The van der Waals surface area contributed by atoms with Gasteiger partial charge in [0.25, 0.3) is 0 Å². The molecule has 0 amide bonds. The molecule has 3 N–H and O–H groups in total. The fourth-order valence-corrected chi connectivity index (χ4v) is 2.68. The highest BCUT2D eigenvalue weighted by Crippen LogP contribution is 2.19. The molecule has 0 radical (unpaired) electrons. The summed E-state index contributed by atoms with van der Waals surface area (Å²) in [6.07, 6.45) is 1.72. The summed E-state index contributed by atoms with van der Waals surface area (Å²) in [7, 11) is 1.93. The first kappa shape index (κ1) is 17.2. The summed E-state index contributed by atoms with van der Waals surface area (Å²) in [6.45, 7) is 0.775. The van der Waals surface area contributed by atoms with Crippen molar-refractivity contribution >= 4 is 23.4 Å². The lowest BCUT2D eigenvalue weighted by Gasteiger charge is -2.18. The molecule has 0 saturated heterocycles. The van der Waals surface area contributed by atoms with Gasteiger partial charge in [-0.25, -0.2) is 9.37 Å². The molecule has 0 bridgehead atoms. The van der Waals surface area contributed by atoms with Gasteiger partial charge < -0.3 is 10.6 Å². The number of aromatic amines is 1. The summed E-state index contributed by atoms with van der Waals surface area (Å²) >= 11 is 5.90. The van der Waals surface area contributed by atoms with Gasteiger partial charge in [-0.3, -0.25) is 5.10 Å². The second-order valence-electron chi connectivity index (χ2n) is 5.72. The summed E-state index contributed by atoms with van der Waals surface area (Å²) in [5, 5.41) is 7.63. The first-order chi connectivity index (χ1) is 12.0. The zero-order valence-electron chi connectivity index (χ0n) is 13.7. The van der Waals surface area contributed by atoms with Gasteiger partial charge in [-0.2, -0.15) is 10.1 Å². The number of nitrogens with zero attached hydrogens (tertiary/aromatic N) is 4. The van der Waals surface area contributed by atoms with Crippen LogP contribution < -0.4 is 10.6 Å². The Balaban J connectivity index is 1.56. The number of nitrogens with two attached hydrogens (primary N) is 1. The highest BCUT2D eigenvalue weighted by molar-refractivity contribution is 6.29. The van der Waals surface area contributed by atoms with Crippen molar-refractivity contribution in [2.45, 2.75) is 12.8 Å². The first-order valence-electron chi connectivity index (χ1n) is 7.82. The molecule has 0 aliphatic rings. The molecule has 6 nitrogen and oxygen atoms in total. The lowest BCUT2D eigenvalue weighted by atomic mass is 10.1. The van der Waals surface area contributed by atoms with Gasteiger partial charge in [0, 0.05) is 30.9 Å². The highest BCUT2D eigenvalue weighted by Gasteiger charge is 2.08. The third kappa shape index (κ3) is 4.45. The number of hydrogen-bond acceptors (Lipinski definition) is 5. The van der Waals surface area contributed by atoms with Gasteiger partial charge in [0.2, 0.25) is 5.95 Å². The third-order valence-electron chi connectivity index (χ3n) is 3.80. The number of aryl methyl sites for hydroxylation is 1. The van der Waals surface area contributed by atoms with Gasteiger partial charge in [-0.15, -0.1) is 0 Å².